The van der Waals surface area contributed by atoms with Crippen LogP contribution in [0.4, 0.5) is 0 Å². The number of carboxylic acid groups (broad SMARTS) is 2. The van der Waals surface area contributed by atoms with Gasteiger partial charge in [0, 0.05) is 17.5 Å². The van der Waals surface area contributed by atoms with Crippen LogP contribution in [0.25, 0.3) is 10.9 Å². The summed E-state index contributed by atoms with van der Waals surface area (Å²) in [6.07, 6.45) is -0.526. The molecule has 1 aromatic carbocycles. The Morgan fingerprint density at radius 3 is 2.44 bits per heavy atom. The number of nitrogens with zero attached hydrogens (tertiary/aromatic N) is 1. The summed E-state index contributed by atoms with van der Waals surface area (Å²) in [6, 6.07) is 4.00. The van der Waals surface area contributed by atoms with E-state index in [1.807, 2.05) is 19.9 Å². The monoisotopic (exact) mass is 344 g/mol. The van der Waals surface area contributed by atoms with Crippen molar-refractivity contribution >= 4 is 28.7 Å². The molecule has 2 aromatic rings. The van der Waals surface area contributed by atoms with Crippen LogP contribution in [0.1, 0.15) is 40.0 Å². The molecule has 1 amide bonds. The number of aliphatic carboxylic acids is 2. The number of nitrogens with one attached hydrogen (secondary N) is 1. The molecule has 0 spiro atoms. The number of carbonyl (C=O) groups is 3. The zero-order valence-corrected chi connectivity index (χ0v) is 14.3. The van der Waals surface area contributed by atoms with Crippen LogP contribution in [-0.2, 0) is 9.59 Å². The van der Waals surface area contributed by atoms with Crippen LogP contribution >= 0.6 is 0 Å². The molecular formula is C18H20N2O5. The van der Waals surface area contributed by atoms with Gasteiger partial charge >= 0.3 is 11.9 Å². The average molecular weight is 344 g/mol. The second-order valence-electron chi connectivity index (χ2n) is 6.01. The molecule has 0 fully saturated rings. The molecule has 2 rings (SSSR count). The molecule has 0 aliphatic rings. The van der Waals surface area contributed by atoms with E-state index < -0.39 is 23.9 Å². The molecule has 1 aromatic heterocycles. The van der Waals surface area contributed by atoms with Crippen LogP contribution in [0.5, 0.6) is 0 Å². The van der Waals surface area contributed by atoms with Crippen LogP contribution in [0.15, 0.2) is 18.2 Å². The first-order valence-electron chi connectivity index (χ1n) is 7.83. The van der Waals surface area contributed by atoms with Crippen molar-refractivity contribution in [2.45, 2.75) is 39.7 Å². The number of hydrogen-bond acceptors (Lipinski definition) is 4. The van der Waals surface area contributed by atoms with Crippen molar-refractivity contribution in [3.63, 3.8) is 0 Å². The molecule has 25 heavy (non-hydrogen) atoms. The fraction of sp³-hybridized carbons (Fsp3) is 0.333. The molecule has 7 heteroatoms. The van der Waals surface area contributed by atoms with E-state index in [9.17, 15) is 19.5 Å². The van der Waals surface area contributed by atoms with E-state index in [0.717, 1.165) is 11.1 Å². The molecule has 0 aliphatic heterocycles. The molecule has 7 nitrogen and oxygen atoms in total. The van der Waals surface area contributed by atoms with Gasteiger partial charge < -0.3 is 15.5 Å². The van der Waals surface area contributed by atoms with Crippen molar-refractivity contribution in [3.8, 4) is 0 Å². The van der Waals surface area contributed by atoms with Crippen LogP contribution in [0.3, 0.4) is 0 Å². The number of hydrogen-bond donors (Lipinski definition) is 3. The van der Waals surface area contributed by atoms with E-state index in [2.05, 4.69) is 10.3 Å². The molecule has 132 valence electrons. The lowest BCUT2D eigenvalue weighted by Crippen LogP contribution is -2.41. The van der Waals surface area contributed by atoms with Gasteiger partial charge in [0.1, 0.15) is 6.04 Å². The van der Waals surface area contributed by atoms with Gasteiger partial charge in [-0.1, -0.05) is 12.1 Å². The maximum atomic E-state index is 12.6. The van der Waals surface area contributed by atoms with Crippen molar-refractivity contribution in [2.75, 3.05) is 0 Å². The third kappa shape index (κ3) is 4.12. The lowest BCUT2D eigenvalue weighted by molar-refractivity contribution is -0.140. The highest BCUT2D eigenvalue weighted by molar-refractivity contribution is 6.07. The quantitative estimate of drug-likeness (QED) is 0.740. The maximum Gasteiger partial charge on any atom is 0.326 e. The maximum absolute atomic E-state index is 12.6. The van der Waals surface area contributed by atoms with Gasteiger partial charge in [0.05, 0.1) is 11.1 Å². The summed E-state index contributed by atoms with van der Waals surface area (Å²) in [4.78, 5) is 39.0. The number of amides is 1. The molecule has 1 atom stereocenters. The third-order valence-corrected chi connectivity index (χ3v) is 4.13. The Bertz CT molecular complexity index is 860. The molecule has 0 bridgehead atoms. The van der Waals surface area contributed by atoms with Gasteiger partial charge in [-0.3, -0.25) is 14.6 Å². The van der Waals surface area contributed by atoms with Crippen molar-refractivity contribution in [1.82, 2.24) is 10.3 Å². The molecule has 0 radical (unpaired) electrons. The minimum Gasteiger partial charge on any atom is -0.481 e. The first kappa shape index (κ1) is 18.4. The van der Waals surface area contributed by atoms with Gasteiger partial charge in [0.25, 0.3) is 5.91 Å². The number of benzene rings is 1. The number of aromatic nitrogens is 1. The van der Waals surface area contributed by atoms with E-state index in [1.54, 1.807) is 19.1 Å². The van der Waals surface area contributed by atoms with Gasteiger partial charge in [0.15, 0.2) is 0 Å². The van der Waals surface area contributed by atoms with E-state index in [4.69, 9.17) is 5.11 Å². The fourth-order valence-corrected chi connectivity index (χ4v) is 2.61. The minimum absolute atomic E-state index is 0.184. The summed E-state index contributed by atoms with van der Waals surface area (Å²) in [6.45, 7) is 5.63. The van der Waals surface area contributed by atoms with E-state index in [-0.39, 0.29) is 12.8 Å². The number of fused-ring (bicyclic) bond motifs is 1. The Morgan fingerprint density at radius 2 is 1.84 bits per heavy atom. The first-order valence-corrected chi connectivity index (χ1v) is 7.83. The number of carbonyl (C=O) groups excluding carboxylic acids is 1. The minimum atomic E-state index is -1.27. The van der Waals surface area contributed by atoms with Crippen LogP contribution in [0, 0.1) is 20.8 Å². The topological polar surface area (TPSA) is 117 Å². The van der Waals surface area contributed by atoms with Gasteiger partial charge in [-0.15, -0.1) is 0 Å². The van der Waals surface area contributed by atoms with Crippen LogP contribution < -0.4 is 5.32 Å². The standard InChI is InChI=1S/C18H20N2O5/c1-9-4-5-12-13(8-10(2)19-16(12)11(9)3)17(23)20-14(18(24)25)6-7-15(21)22/h4-5,8,14H,6-7H2,1-3H3,(H,20,23)(H,21,22)(H,24,25)/t14-/m0/s1. The summed E-state index contributed by atoms with van der Waals surface area (Å²) in [7, 11) is 0. The summed E-state index contributed by atoms with van der Waals surface area (Å²) in [5, 5.41) is 21.0. The second-order valence-corrected chi connectivity index (χ2v) is 6.01. The van der Waals surface area contributed by atoms with Crippen LogP contribution in [-0.4, -0.2) is 39.1 Å². The Kier molecular flexibility index (Phi) is 5.36. The zero-order valence-electron chi connectivity index (χ0n) is 14.3. The predicted molar refractivity (Wildman–Crippen MR) is 91.7 cm³/mol. The Balaban J connectivity index is 2.40. The molecule has 3 N–H and O–H groups in total. The van der Waals surface area contributed by atoms with E-state index in [1.165, 1.54) is 0 Å². The van der Waals surface area contributed by atoms with Gasteiger partial charge in [-0.2, -0.15) is 0 Å². The smallest absolute Gasteiger partial charge is 0.326 e. The fourth-order valence-electron chi connectivity index (χ4n) is 2.61. The number of carboxylic acids is 2. The lowest BCUT2D eigenvalue weighted by atomic mass is 10.00. The summed E-state index contributed by atoms with van der Waals surface area (Å²) >= 11 is 0. The number of rotatable bonds is 6. The SMILES string of the molecule is Cc1cc(C(=O)N[C@@H](CCC(=O)O)C(=O)O)c2ccc(C)c(C)c2n1. The van der Waals surface area contributed by atoms with Gasteiger partial charge in [-0.25, -0.2) is 4.79 Å². The van der Waals surface area contributed by atoms with E-state index >= 15 is 0 Å². The Hall–Kier alpha value is -2.96. The first-order chi connectivity index (χ1) is 11.7. The highest BCUT2D eigenvalue weighted by atomic mass is 16.4. The van der Waals surface area contributed by atoms with Crippen molar-refractivity contribution in [2.24, 2.45) is 0 Å². The molecule has 0 unspecified atom stereocenters. The number of aryl methyl sites for hydroxylation is 3. The van der Waals surface area contributed by atoms with Gasteiger partial charge in [-0.05, 0) is 44.4 Å². The van der Waals surface area contributed by atoms with Gasteiger partial charge in [0.2, 0.25) is 0 Å². The molecular weight excluding hydrogens is 324 g/mol. The largest absolute Gasteiger partial charge is 0.481 e. The highest BCUT2D eigenvalue weighted by Gasteiger charge is 2.23. The van der Waals surface area contributed by atoms with Crippen molar-refractivity contribution < 1.29 is 24.6 Å². The third-order valence-electron chi connectivity index (χ3n) is 4.13. The summed E-state index contributed by atoms with van der Waals surface area (Å²) < 4.78 is 0. The average Bonchev–Trinajstić information content (AvgIpc) is 2.54. The predicted octanol–water partition coefficient (Wildman–Crippen LogP) is 2.21. The molecule has 0 saturated carbocycles. The summed E-state index contributed by atoms with van der Waals surface area (Å²) in [5.41, 5.74) is 3.66. The number of pyridine rings is 1. The zero-order chi connectivity index (χ0) is 18.7. The second kappa shape index (κ2) is 7.29. The normalized spacial score (nSPS) is 12.0. The Morgan fingerprint density at radius 1 is 1.16 bits per heavy atom. The van der Waals surface area contributed by atoms with Crippen LogP contribution in [0.2, 0.25) is 0 Å². The lowest BCUT2D eigenvalue weighted by Gasteiger charge is -2.16. The van der Waals surface area contributed by atoms with E-state index in [0.29, 0.717) is 22.2 Å². The van der Waals surface area contributed by atoms with Crippen molar-refractivity contribution in [1.29, 1.82) is 0 Å². The summed E-state index contributed by atoms with van der Waals surface area (Å²) in [5.74, 6) is -2.94. The van der Waals surface area contributed by atoms with Crippen molar-refractivity contribution in [3.05, 3.63) is 40.6 Å². The molecule has 0 aliphatic carbocycles. The molecule has 0 saturated heterocycles. The highest BCUT2D eigenvalue weighted by Crippen LogP contribution is 2.24. The molecule has 1 heterocycles. The Labute approximate surface area is 144 Å².